The molecule has 1 aliphatic heterocycles. The molecular formula is C26H24N4OS. The van der Waals surface area contributed by atoms with Crippen LogP contribution in [-0.4, -0.2) is 19.8 Å². The Morgan fingerprint density at radius 2 is 1.66 bits per heavy atom. The number of pyridine rings is 1. The quantitative estimate of drug-likeness (QED) is 0.418. The topological polar surface area (TPSA) is 53.3 Å². The summed E-state index contributed by atoms with van der Waals surface area (Å²) >= 11 is 5.86. The zero-order valence-electron chi connectivity index (χ0n) is 17.9. The van der Waals surface area contributed by atoms with Gasteiger partial charge in [0.15, 0.2) is 5.11 Å². The van der Waals surface area contributed by atoms with Crippen molar-refractivity contribution in [3.8, 4) is 11.4 Å². The van der Waals surface area contributed by atoms with Crippen LogP contribution in [0.15, 0.2) is 85.2 Å². The van der Waals surface area contributed by atoms with Crippen molar-refractivity contribution in [1.29, 1.82) is 0 Å². The van der Waals surface area contributed by atoms with Gasteiger partial charge in [0, 0.05) is 29.5 Å². The minimum atomic E-state index is -0.115. The summed E-state index contributed by atoms with van der Waals surface area (Å²) in [6, 6.07) is 23.6. The lowest BCUT2D eigenvalue weighted by molar-refractivity contribution is 0.475. The second-order valence-electron chi connectivity index (χ2n) is 8.16. The molecule has 1 aliphatic rings. The van der Waals surface area contributed by atoms with Crippen molar-refractivity contribution in [3.05, 3.63) is 108 Å². The maximum Gasteiger partial charge on any atom is 0.174 e. The molecule has 1 saturated heterocycles. The van der Waals surface area contributed by atoms with Crippen LogP contribution < -0.4 is 10.2 Å². The van der Waals surface area contributed by atoms with Gasteiger partial charge in [-0.05, 0) is 97.9 Å². The first-order chi connectivity index (χ1) is 15.5. The Morgan fingerprint density at radius 1 is 0.906 bits per heavy atom. The van der Waals surface area contributed by atoms with Crippen molar-refractivity contribution in [2.75, 3.05) is 4.90 Å². The van der Waals surface area contributed by atoms with Gasteiger partial charge in [-0.25, -0.2) is 0 Å². The highest BCUT2D eigenvalue weighted by Crippen LogP contribution is 2.42. The fraction of sp³-hybridized carbons (Fsp3) is 0.154. The number of aryl methyl sites for hydroxylation is 2. The fourth-order valence-electron chi connectivity index (χ4n) is 4.51. The summed E-state index contributed by atoms with van der Waals surface area (Å²) in [5.74, 6) is 0.245. The van der Waals surface area contributed by atoms with Crippen LogP contribution in [0.3, 0.4) is 0 Å². The summed E-state index contributed by atoms with van der Waals surface area (Å²) in [5.41, 5.74) is 6.43. The van der Waals surface area contributed by atoms with Gasteiger partial charge >= 0.3 is 0 Å². The number of hydrogen-bond donors (Lipinski definition) is 2. The average Bonchev–Trinajstić information content (AvgIpc) is 3.38. The Bertz CT molecular complexity index is 1250. The van der Waals surface area contributed by atoms with Crippen molar-refractivity contribution in [2.45, 2.75) is 25.9 Å². The number of thiocarbonyl (C=S) groups is 1. The maximum absolute atomic E-state index is 9.75. The Hall–Kier alpha value is -3.64. The van der Waals surface area contributed by atoms with E-state index in [2.05, 4.69) is 57.9 Å². The van der Waals surface area contributed by atoms with Crippen molar-refractivity contribution < 1.29 is 5.11 Å². The predicted molar refractivity (Wildman–Crippen MR) is 131 cm³/mol. The van der Waals surface area contributed by atoms with E-state index in [1.165, 1.54) is 11.1 Å². The number of aromatic hydroxyl groups is 1. The van der Waals surface area contributed by atoms with Crippen LogP contribution in [0.5, 0.6) is 5.75 Å². The third-order valence-electron chi connectivity index (χ3n) is 5.79. The molecule has 0 amide bonds. The number of anilines is 1. The number of aromatic nitrogens is 2. The van der Waals surface area contributed by atoms with Crippen LogP contribution >= 0.6 is 12.2 Å². The van der Waals surface area contributed by atoms with Gasteiger partial charge in [0.25, 0.3) is 0 Å². The Labute approximate surface area is 193 Å². The molecule has 0 radical (unpaired) electrons. The first kappa shape index (κ1) is 20.3. The van der Waals surface area contributed by atoms with Crippen molar-refractivity contribution in [1.82, 2.24) is 14.9 Å². The summed E-state index contributed by atoms with van der Waals surface area (Å²) < 4.78 is 2.14. The van der Waals surface area contributed by atoms with Gasteiger partial charge in [-0.2, -0.15) is 0 Å². The summed E-state index contributed by atoms with van der Waals surface area (Å²) in [6.07, 6.45) is 3.86. The van der Waals surface area contributed by atoms with Gasteiger partial charge in [-0.15, -0.1) is 0 Å². The molecule has 5 rings (SSSR count). The number of hydrogen-bond acceptors (Lipinski definition) is 3. The number of rotatable bonds is 4. The van der Waals surface area contributed by atoms with Crippen molar-refractivity contribution in [2.24, 2.45) is 0 Å². The smallest absolute Gasteiger partial charge is 0.174 e. The third kappa shape index (κ3) is 3.63. The van der Waals surface area contributed by atoms with Crippen LogP contribution in [0.1, 0.15) is 34.6 Å². The van der Waals surface area contributed by atoms with E-state index in [-0.39, 0.29) is 17.8 Å². The Balaban J connectivity index is 1.68. The summed E-state index contributed by atoms with van der Waals surface area (Å²) in [6.45, 7) is 4.21. The van der Waals surface area contributed by atoms with E-state index >= 15 is 0 Å². The number of nitrogens with one attached hydrogen (secondary N) is 1. The van der Waals surface area contributed by atoms with Gasteiger partial charge in [-0.3, -0.25) is 4.98 Å². The predicted octanol–water partition coefficient (Wildman–Crippen LogP) is 5.37. The lowest BCUT2D eigenvalue weighted by Crippen LogP contribution is -2.30. The lowest BCUT2D eigenvalue weighted by Gasteiger charge is -2.29. The van der Waals surface area contributed by atoms with Gasteiger partial charge < -0.3 is 19.9 Å². The monoisotopic (exact) mass is 440 g/mol. The second kappa shape index (κ2) is 8.13. The minimum Gasteiger partial charge on any atom is -0.508 e. The van der Waals surface area contributed by atoms with E-state index in [9.17, 15) is 5.11 Å². The molecule has 2 aromatic heterocycles. The van der Waals surface area contributed by atoms with E-state index in [0.717, 1.165) is 22.8 Å². The largest absolute Gasteiger partial charge is 0.508 e. The van der Waals surface area contributed by atoms with Crippen molar-refractivity contribution >= 4 is 23.0 Å². The zero-order chi connectivity index (χ0) is 22.2. The zero-order valence-corrected chi connectivity index (χ0v) is 18.8. The molecule has 6 heteroatoms. The molecule has 2 aromatic carbocycles. The Morgan fingerprint density at radius 3 is 2.34 bits per heavy atom. The molecule has 5 nitrogen and oxygen atoms in total. The highest BCUT2D eigenvalue weighted by molar-refractivity contribution is 7.80. The normalized spacial score (nSPS) is 18.1. The summed E-state index contributed by atoms with van der Waals surface area (Å²) in [7, 11) is 0. The molecule has 2 unspecified atom stereocenters. The third-order valence-corrected chi connectivity index (χ3v) is 6.11. The van der Waals surface area contributed by atoms with Crippen LogP contribution in [0, 0.1) is 13.8 Å². The molecule has 2 N–H and O–H groups in total. The van der Waals surface area contributed by atoms with Crippen LogP contribution in [0.25, 0.3) is 5.69 Å². The van der Waals surface area contributed by atoms with Crippen LogP contribution in [-0.2, 0) is 0 Å². The molecule has 0 aliphatic carbocycles. The molecule has 0 saturated carbocycles. The summed E-state index contributed by atoms with van der Waals surface area (Å²) in [5, 5.41) is 14.0. The van der Waals surface area contributed by atoms with E-state index < -0.39 is 0 Å². The molecule has 160 valence electrons. The van der Waals surface area contributed by atoms with Crippen LogP contribution in [0.4, 0.5) is 5.69 Å². The van der Waals surface area contributed by atoms with Crippen molar-refractivity contribution in [3.63, 3.8) is 0 Å². The molecule has 1 fully saturated rings. The average molecular weight is 441 g/mol. The fourth-order valence-corrected chi connectivity index (χ4v) is 4.85. The van der Waals surface area contributed by atoms with Gasteiger partial charge in [-0.1, -0.05) is 12.1 Å². The van der Waals surface area contributed by atoms with E-state index in [1.807, 2.05) is 48.8 Å². The second-order valence-corrected chi connectivity index (χ2v) is 8.55. The standard InChI is InChI=1S/C26H24N4OS/c1-17-14-18(2)16-20(15-17)30-25(24(28-26(30)32)22-6-3-4-12-27-22)23-7-5-13-29(23)19-8-10-21(31)11-9-19/h3-16,24-25,31H,1-2H3,(H,28,32). The van der Waals surface area contributed by atoms with E-state index in [0.29, 0.717) is 5.11 Å². The lowest BCUT2D eigenvalue weighted by atomic mass is 10.00. The SMILES string of the molecule is Cc1cc(C)cc(N2C(=S)NC(c3ccccn3)C2c2cccn2-c2ccc(O)cc2)c1. The Kier molecular flexibility index (Phi) is 5.15. The first-order valence-corrected chi connectivity index (χ1v) is 11.0. The molecule has 4 aromatic rings. The van der Waals surface area contributed by atoms with Gasteiger partial charge in [0.2, 0.25) is 0 Å². The van der Waals surface area contributed by atoms with E-state index in [1.54, 1.807) is 12.1 Å². The molecular weight excluding hydrogens is 416 g/mol. The highest BCUT2D eigenvalue weighted by atomic mass is 32.1. The molecule has 3 heterocycles. The highest BCUT2D eigenvalue weighted by Gasteiger charge is 2.42. The maximum atomic E-state index is 9.75. The summed E-state index contributed by atoms with van der Waals surface area (Å²) in [4.78, 5) is 6.84. The molecule has 0 bridgehead atoms. The molecule has 0 spiro atoms. The number of phenols is 1. The number of phenolic OH excluding ortho intramolecular Hbond substituents is 1. The van der Waals surface area contributed by atoms with Crippen LogP contribution in [0.2, 0.25) is 0 Å². The first-order valence-electron chi connectivity index (χ1n) is 10.6. The van der Waals surface area contributed by atoms with Gasteiger partial charge in [0.05, 0.1) is 11.7 Å². The number of nitrogens with zero attached hydrogens (tertiary/aromatic N) is 3. The number of benzene rings is 2. The minimum absolute atomic E-state index is 0.109. The van der Waals surface area contributed by atoms with E-state index in [4.69, 9.17) is 12.2 Å². The van der Waals surface area contributed by atoms with Gasteiger partial charge in [0.1, 0.15) is 11.8 Å². The molecule has 32 heavy (non-hydrogen) atoms. The molecule has 2 atom stereocenters.